The quantitative estimate of drug-likeness (QED) is 0.632. The number of carbonyl (C=O) groups is 1. The molecule has 164 valence electrons. The zero-order chi connectivity index (χ0) is 22.0. The molecule has 5 nitrogen and oxygen atoms in total. The Morgan fingerprint density at radius 2 is 1.84 bits per heavy atom. The highest BCUT2D eigenvalue weighted by atomic mass is 16.5. The predicted molar refractivity (Wildman–Crippen MR) is 125 cm³/mol. The van der Waals surface area contributed by atoms with Crippen LogP contribution < -0.4 is 10.5 Å². The highest BCUT2D eigenvalue weighted by Gasteiger charge is 2.39. The summed E-state index contributed by atoms with van der Waals surface area (Å²) in [5.41, 5.74) is 10.4. The molecule has 5 heteroatoms. The van der Waals surface area contributed by atoms with Crippen molar-refractivity contribution in [3.8, 4) is 11.6 Å². The summed E-state index contributed by atoms with van der Waals surface area (Å²) in [7, 11) is 0. The van der Waals surface area contributed by atoms with Crippen molar-refractivity contribution in [2.45, 2.75) is 44.1 Å². The van der Waals surface area contributed by atoms with E-state index in [1.54, 1.807) is 23.3 Å². The molecule has 1 amide bonds. The second kappa shape index (κ2) is 8.75. The molecule has 1 aliphatic carbocycles. The molecule has 1 atom stereocenters. The number of amides is 1. The summed E-state index contributed by atoms with van der Waals surface area (Å²) in [6.45, 7) is 3.24. The summed E-state index contributed by atoms with van der Waals surface area (Å²) < 4.78 is 5.81. The first kappa shape index (κ1) is 20.7. The zero-order valence-corrected chi connectivity index (χ0v) is 18.3. The largest absolute Gasteiger partial charge is 0.439 e. The Morgan fingerprint density at radius 3 is 2.62 bits per heavy atom. The van der Waals surface area contributed by atoms with E-state index in [1.165, 1.54) is 43.9 Å². The summed E-state index contributed by atoms with van der Waals surface area (Å²) in [4.78, 5) is 17.9. The summed E-state index contributed by atoms with van der Waals surface area (Å²) in [5, 5.41) is 0. The summed E-state index contributed by atoms with van der Waals surface area (Å²) in [6.07, 6.45) is 7.80. The van der Waals surface area contributed by atoms with Gasteiger partial charge in [0.15, 0.2) is 0 Å². The van der Waals surface area contributed by atoms with Gasteiger partial charge in [0, 0.05) is 30.8 Å². The maximum absolute atomic E-state index is 11.2. The van der Waals surface area contributed by atoms with Gasteiger partial charge in [0.2, 0.25) is 11.8 Å². The number of nitrogens with zero attached hydrogens (tertiary/aromatic N) is 2. The van der Waals surface area contributed by atoms with Crippen molar-refractivity contribution in [3.05, 3.63) is 89.1 Å². The van der Waals surface area contributed by atoms with Crippen molar-refractivity contribution in [3.63, 3.8) is 0 Å². The van der Waals surface area contributed by atoms with Gasteiger partial charge in [-0.15, -0.1) is 0 Å². The number of carbonyl (C=O) groups excluding carboxylic acids is 1. The van der Waals surface area contributed by atoms with Gasteiger partial charge in [-0.05, 0) is 73.5 Å². The Balaban J connectivity index is 1.24. The molecule has 2 N–H and O–H groups in total. The third-order valence-corrected chi connectivity index (χ3v) is 6.92. The summed E-state index contributed by atoms with van der Waals surface area (Å²) in [6, 6.07) is 20.6. The molecule has 1 aliphatic heterocycles. The molecule has 0 bridgehead atoms. The van der Waals surface area contributed by atoms with Crippen LogP contribution in [0.15, 0.2) is 66.9 Å². The number of rotatable bonds is 5. The number of hydrogen-bond donors (Lipinski definition) is 1. The Morgan fingerprint density at radius 1 is 1.03 bits per heavy atom. The van der Waals surface area contributed by atoms with E-state index in [2.05, 4.69) is 46.3 Å². The third kappa shape index (κ3) is 4.26. The van der Waals surface area contributed by atoms with Gasteiger partial charge in [-0.25, -0.2) is 4.98 Å². The van der Waals surface area contributed by atoms with Crippen LogP contribution in [0.2, 0.25) is 0 Å². The van der Waals surface area contributed by atoms with E-state index < -0.39 is 5.91 Å². The fourth-order valence-electron chi connectivity index (χ4n) is 5.42. The lowest BCUT2D eigenvalue weighted by Gasteiger charge is -2.46. The molecule has 2 heterocycles. The van der Waals surface area contributed by atoms with Crippen molar-refractivity contribution in [2.75, 3.05) is 13.1 Å². The number of aromatic nitrogens is 1. The van der Waals surface area contributed by atoms with Gasteiger partial charge < -0.3 is 10.5 Å². The number of ether oxygens (including phenoxy) is 1. The normalized spacial score (nSPS) is 20.6. The van der Waals surface area contributed by atoms with Gasteiger partial charge in [-0.1, -0.05) is 36.4 Å². The fraction of sp³-hybridized carbons (Fsp3) is 0.333. The molecule has 0 radical (unpaired) electrons. The topological polar surface area (TPSA) is 68.5 Å². The molecule has 32 heavy (non-hydrogen) atoms. The second-order valence-corrected chi connectivity index (χ2v) is 9.10. The summed E-state index contributed by atoms with van der Waals surface area (Å²) >= 11 is 0. The number of pyridine rings is 1. The van der Waals surface area contributed by atoms with Crippen LogP contribution in [0.1, 0.15) is 52.7 Å². The molecular weight excluding hydrogens is 398 g/mol. The van der Waals surface area contributed by atoms with Crippen LogP contribution in [0.25, 0.3) is 0 Å². The van der Waals surface area contributed by atoms with Crippen molar-refractivity contribution in [1.29, 1.82) is 0 Å². The minimum absolute atomic E-state index is 0.318. The maximum Gasteiger partial charge on any atom is 0.250 e. The van der Waals surface area contributed by atoms with Gasteiger partial charge in [0.1, 0.15) is 5.75 Å². The smallest absolute Gasteiger partial charge is 0.250 e. The lowest BCUT2D eigenvalue weighted by Crippen LogP contribution is -2.47. The molecule has 1 saturated heterocycles. The molecule has 5 rings (SSSR count). The molecule has 0 saturated carbocycles. The number of likely N-dealkylation sites (tertiary alicyclic amines) is 1. The Bertz CT molecular complexity index is 1090. The van der Waals surface area contributed by atoms with Crippen molar-refractivity contribution in [2.24, 2.45) is 5.73 Å². The third-order valence-electron chi connectivity index (χ3n) is 6.92. The SMILES string of the molecule is NC(=O)c1ccc(Oc2ccc(CN3CCCC4(CCCc5ccccc54)C3)cc2)nc1. The standard InChI is InChI=1S/C27H29N3O2/c28-26(31)22-10-13-25(29-17-22)32-23-11-8-20(9-12-23)18-30-16-4-15-27(19-30)14-3-6-21-5-1-2-7-24(21)27/h1-2,5,7-13,17H,3-4,6,14-16,18-19H2,(H2,28,31). The van der Waals surface area contributed by atoms with E-state index >= 15 is 0 Å². The molecule has 1 aromatic heterocycles. The molecular formula is C27H29N3O2. The second-order valence-electron chi connectivity index (χ2n) is 9.10. The molecule has 2 aromatic carbocycles. The van der Waals surface area contributed by atoms with Crippen LogP contribution in [0.4, 0.5) is 0 Å². The number of piperidine rings is 1. The van der Waals surface area contributed by atoms with E-state index in [0.29, 0.717) is 16.9 Å². The van der Waals surface area contributed by atoms with Crippen LogP contribution in [0.5, 0.6) is 11.6 Å². The van der Waals surface area contributed by atoms with E-state index in [0.717, 1.165) is 25.4 Å². The molecule has 1 fully saturated rings. The average molecular weight is 428 g/mol. The van der Waals surface area contributed by atoms with Gasteiger partial charge in [0.05, 0.1) is 5.56 Å². The first-order valence-electron chi connectivity index (χ1n) is 11.4. The Kier molecular flexibility index (Phi) is 5.66. The van der Waals surface area contributed by atoms with Crippen LogP contribution >= 0.6 is 0 Å². The first-order chi connectivity index (χ1) is 15.6. The van der Waals surface area contributed by atoms with Gasteiger partial charge in [-0.2, -0.15) is 0 Å². The lowest BCUT2D eigenvalue weighted by atomic mass is 9.66. The number of aryl methyl sites for hydroxylation is 1. The van der Waals surface area contributed by atoms with Gasteiger partial charge in [0.25, 0.3) is 0 Å². The van der Waals surface area contributed by atoms with Crippen LogP contribution in [-0.2, 0) is 18.4 Å². The fourth-order valence-corrected chi connectivity index (χ4v) is 5.42. The lowest BCUT2D eigenvalue weighted by molar-refractivity contribution is 0.1000. The Hall–Kier alpha value is -3.18. The van der Waals surface area contributed by atoms with Crippen LogP contribution in [-0.4, -0.2) is 28.9 Å². The zero-order valence-electron chi connectivity index (χ0n) is 18.3. The Labute approximate surface area is 189 Å². The molecule has 1 unspecified atom stereocenters. The van der Waals surface area contributed by atoms with Gasteiger partial charge >= 0.3 is 0 Å². The maximum atomic E-state index is 11.2. The van der Waals surface area contributed by atoms with Crippen LogP contribution in [0.3, 0.4) is 0 Å². The van der Waals surface area contributed by atoms with Crippen LogP contribution in [0, 0.1) is 0 Å². The number of hydrogen-bond acceptors (Lipinski definition) is 4. The minimum Gasteiger partial charge on any atom is -0.439 e. The summed E-state index contributed by atoms with van der Waals surface area (Å²) in [5.74, 6) is 0.672. The van der Waals surface area contributed by atoms with E-state index in [-0.39, 0.29) is 0 Å². The monoisotopic (exact) mass is 427 g/mol. The molecule has 1 spiro atoms. The number of benzene rings is 2. The number of nitrogens with two attached hydrogens (primary N) is 1. The highest BCUT2D eigenvalue weighted by molar-refractivity contribution is 5.92. The van der Waals surface area contributed by atoms with Gasteiger partial charge in [-0.3, -0.25) is 9.69 Å². The molecule has 2 aliphatic rings. The minimum atomic E-state index is -0.496. The van der Waals surface area contributed by atoms with E-state index in [1.807, 2.05) is 12.1 Å². The van der Waals surface area contributed by atoms with E-state index in [9.17, 15) is 4.79 Å². The van der Waals surface area contributed by atoms with Crippen molar-refractivity contribution >= 4 is 5.91 Å². The van der Waals surface area contributed by atoms with Crippen molar-refractivity contribution < 1.29 is 9.53 Å². The average Bonchev–Trinajstić information content (AvgIpc) is 2.81. The first-order valence-corrected chi connectivity index (χ1v) is 11.4. The predicted octanol–water partition coefficient (Wildman–Crippen LogP) is 4.84. The number of fused-ring (bicyclic) bond motifs is 2. The number of primary amides is 1. The highest BCUT2D eigenvalue weighted by Crippen LogP contribution is 2.43. The molecule has 3 aromatic rings. The van der Waals surface area contributed by atoms with E-state index in [4.69, 9.17) is 10.5 Å². The van der Waals surface area contributed by atoms with Crippen molar-refractivity contribution in [1.82, 2.24) is 9.88 Å².